The van der Waals surface area contributed by atoms with Gasteiger partial charge in [-0.05, 0) is 49.8 Å². The molecule has 17 heavy (non-hydrogen) atoms. The van der Waals surface area contributed by atoms with Gasteiger partial charge in [-0.2, -0.15) is 0 Å². The zero-order chi connectivity index (χ0) is 12.0. The fourth-order valence-electron chi connectivity index (χ4n) is 2.89. The van der Waals surface area contributed by atoms with Crippen LogP contribution in [0.1, 0.15) is 30.1 Å². The van der Waals surface area contributed by atoms with Crippen LogP contribution in [0, 0.1) is 13.8 Å². The van der Waals surface area contributed by atoms with Crippen molar-refractivity contribution < 1.29 is 4.74 Å². The SMILES string of the molecule is COC1CC(n2c(C)cc3ccc(C)cc32)C1. The van der Waals surface area contributed by atoms with E-state index in [1.54, 1.807) is 0 Å². The Bertz CT molecular complexity index is 549. The third-order valence-electron chi connectivity index (χ3n) is 3.96. The number of aromatic nitrogens is 1. The second-order valence-electron chi connectivity index (χ2n) is 5.20. The molecule has 1 saturated carbocycles. The quantitative estimate of drug-likeness (QED) is 0.767. The van der Waals surface area contributed by atoms with Gasteiger partial charge in [-0.25, -0.2) is 0 Å². The van der Waals surface area contributed by atoms with Crippen molar-refractivity contribution in [3.63, 3.8) is 0 Å². The summed E-state index contributed by atoms with van der Waals surface area (Å²) >= 11 is 0. The predicted octanol–water partition coefficient (Wildman–Crippen LogP) is 3.61. The van der Waals surface area contributed by atoms with Crippen LogP contribution >= 0.6 is 0 Å². The van der Waals surface area contributed by atoms with Gasteiger partial charge in [0.15, 0.2) is 0 Å². The van der Waals surface area contributed by atoms with Crippen molar-refractivity contribution >= 4 is 10.9 Å². The number of hydrogen-bond donors (Lipinski definition) is 0. The van der Waals surface area contributed by atoms with E-state index in [0.717, 1.165) is 12.8 Å². The Labute approximate surface area is 102 Å². The summed E-state index contributed by atoms with van der Waals surface area (Å²) in [5.74, 6) is 0. The molecule has 1 fully saturated rings. The lowest BCUT2D eigenvalue weighted by Crippen LogP contribution is -2.32. The summed E-state index contributed by atoms with van der Waals surface area (Å²) in [6, 6.07) is 9.61. The molecule has 0 N–H and O–H groups in total. The monoisotopic (exact) mass is 229 g/mol. The first kappa shape index (κ1) is 10.8. The van der Waals surface area contributed by atoms with Gasteiger partial charge in [0.05, 0.1) is 6.10 Å². The largest absolute Gasteiger partial charge is 0.381 e. The van der Waals surface area contributed by atoms with Crippen LogP contribution in [0.2, 0.25) is 0 Å². The Morgan fingerprint density at radius 1 is 1.18 bits per heavy atom. The van der Waals surface area contributed by atoms with Gasteiger partial charge in [0.2, 0.25) is 0 Å². The van der Waals surface area contributed by atoms with E-state index >= 15 is 0 Å². The number of hydrogen-bond acceptors (Lipinski definition) is 1. The average molecular weight is 229 g/mol. The van der Waals surface area contributed by atoms with Gasteiger partial charge in [-0.3, -0.25) is 0 Å². The molecule has 0 amide bonds. The lowest BCUT2D eigenvalue weighted by Gasteiger charge is -2.36. The predicted molar refractivity (Wildman–Crippen MR) is 70.5 cm³/mol. The molecule has 1 aliphatic carbocycles. The van der Waals surface area contributed by atoms with Crippen molar-refractivity contribution in [2.24, 2.45) is 0 Å². The average Bonchev–Trinajstić information content (AvgIpc) is 2.54. The van der Waals surface area contributed by atoms with Gasteiger partial charge in [-0.1, -0.05) is 12.1 Å². The van der Waals surface area contributed by atoms with Crippen LogP contribution in [0.3, 0.4) is 0 Å². The Balaban J connectivity index is 2.03. The first-order valence-corrected chi connectivity index (χ1v) is 6.30. The highest BCUT2D eigenvalue weighted by Gasteiger charge is 2.31. The highest BCUT2D eigenvalue weighted by Crippen LogP contribution is 2.38. The fourth-order valence-corrected chi connectivity index (χ4v) is 2.89. The van der Waals surface area contributed by atoms with Gasteiger partial charge in [0.1, 0.15) is 0 Å². The lowest BCUT2D eigenvalue weighted by atomic mass is 9.88. The van der Waals surface area contributed by atoms with E-state index in [4.69, 9.17) is 4.74 Å². The van der Waals surface area contributed by atoms with Crippen LogP contribution < -0.4 is 0 Å². The highest BCUT2D eigenvalue weighted by molar-refractivity contribution is 5.82. The molecule has 0 bridgehead atoms. The number of fused-ring (bicyclic) bond motifs is 1. The number of methoxy groups -OCH3 is 1. The molecule has 2 heteroatoms. The normalized spacial score (nSPS) is 23.9. The Morgan fingerprint density at radius 2 is 1.94 bits per heavy atom. The van der Waals surface area contributed by atoms with Crippen LogP contribution in [-0.2, 0) is 4.74 Å². The number of nitrogens with zero attached hydrogens (tertiary/aromatic N) is 1. The van der Waals surface area contributed by atoms with Gasteiger partial charge in [-0.15, -0.1) is 0 Å². The summed E-state index contributed by atoms with van der Waals surface area (Å²) in [6.45, 7) is 4.36. The maximum atomic E-state index is 5.38. The van der Waals surface area contributed by atoms with Crippen LogP contribution in [0.5, 0.6) is 0 Å². The molecule has 0 unspecified atom stereocenters. The molecule has 1 aromatic heterocycles. The van der Waals surface area contributed by atoms with Gasteiger partial charge < -0.3 is 9.30 Å². The van der Waals surface area contributed by atoms with Crippen LogP contribution in [0.15, 0.2) is 24.3 Å². The van der Waals surface area contributed by atoms with Crippen LogP contribution in [0.4, 0.5) is 0 Å². The minimum Gasteiger partial charge on any atom is -0.381 e. The summed E-state index contributed by atoms with van der Waals surface area (Å²) in [7, 11) is 1.81. The van der Waals surface area contributed by atoms with E-state index in [2.05, 4.69) is 42.7 Å². The van der Waals surface area contributed by atoms with Crippen molar-refractivity contribution in [2.45, 2.75) is 38.8 Å². The summed E-state index contributed by atoms with van der Waals surface area (Å²) in [5.41, 5.74) is 4.08. The van der Waals surface area contributed by atoms with Crippen molar-refractivity contribution in [3.8, 4) is 0 Å². The van der Waals surface area contributed by atoms with Crippen LogP contribution in [-0.4, -0.2) is 17.8 Å². The number of ether oxygens (including phenoxy) is 1. The minimum absolute atomic E-state index is 0.460. The topological polar surface area (TPSA) is 14.2 Å². The molecular weight excluding hydrogens is 210 g/mol. The van der Waals surface area contributed by atoms with Gasteiger partial charge >= 0.3 is 0 Å². The summed E-state index contributed by atoms with van der Waals surface area (Å²) in [6.07, 6.45) is 2.76. The standard InChI is InChI=1S/C15H19NO/c1-10-4-5-12-7-11(2)16(15(12)6-10)13-8-14(9-13)17-3/h4-7,13-14H,8-9H2,1-3H3. The molecule has 1 aromatic carbocycles. The fraction of sp³-hybridized carbons (Fsp3) is 0.467. The molecule has 2 aromatic rings. The zero-order valence-electron chi connectivity index (χ0n) is 10.7. The molecule has 0 radical (unpaired) electrons. The molecule has 0 atom stereocenters. The maximum Gasteiger partial charge on any atom is 0.0610 e. The maximum absolute atomic E-state index is 5.38. The second kappa shape index (κ2) is 3.88. The van der Waals surface area contributed by atoms with E-state index in [1.165, 1.54) is 22.2 Å². The molecule has 0 aliphatic heterocycles. The smallest absolute Gasteiger partial charge is 0.0610 e. The van der Waals surface area contributed by atoms with Crippen molar-refractivity contribution in [3.05, 3.63) is 35.5 Å². The van der Waals surface area contributed by atoms with Gasteiger partial charge in [0, 0.05) is 24.4 Å². The molecule has 0 spiro atoms. The summed E-state index contributed by atoms with van der Waals surface area (Å²) in [5, 5.41) is 1.36. The Hall–Kier alpha value is -1.28. The number of rotatable bonds is 2. The zero-order valence-corrected chi connectivity index (χ0v) is 10.7. The second-order valence-corrected chi connectivity index (χ2v) is 5.20. The van der Waals surface area contributed by atoms with E-state index in [1.807, 2.05) is 7.11 Å². The molecule has 90 valence electrons. The van der Waals surface area contributed by atoms with Crippen molar-refractivity contribution in [1.82, 2.24) is 4.57 Å². The summed E-state index contributed by atoms with van der Waals surface area (Å²) < 4.78 is 7.86. The number of aryl methyl sites for hydroxylation is 2. The van der Waals surface area contributed by atoms with E-state index in [0.29, 0.717) is 12.1 Å². The van der Waals surface area contributed by atoms with Crippen molar-refractivity contribution in [2.75, 3.05) is 7.11 Å². The van der Waals surface area contributed by atoms with Crippen LogP contribution in [0.25, 0.3) is 10.9 Å². The molecule has 3 rings (SSSR count). The molecule has 1 aliphatic rings. The molecule has 0 saturated heterocycles. The Kier molecular flexibility index (Phi) is 2.48. The molecule has 2 nitrogen and oxygen atoms in total. The first-order valence-electron chi connectivity index (χ1n) is 6.30. The highest BCUT2D eigenvalue weighted by atomic mass is 16.5. The number of benzene rings is 1. The van der Waals surface area contributed by atoms with Crippen molar-refractivity contribution in [1.29, 1.82) is 0 Å². The molecular formula is C15H19NO. The lowest BCUT2D eigenvalue weighted by molar-refractivity contribution is 0.00701. The summed E-state index contributed by atoms with van der Waals surface area (Å²) in [4.78, 5) is 0. The van der Waals surface area contributed by atoms with Gasteiger partial charge in [0.25, 0.3) is 0 Å². The third kappa shape index (κ3) is 1.67. The van der Waals surface area contributed by atoms with E-state index < -0.39 is 0 Å². The third-order valence-corrected chi connectivity index (χ3v) is 3.96. The Morgan fingerprint density at radius 3 is 2.65 bits per heavy atom. The first-order chi connectivity index (χ1) is 8.19. The van der Waals surface area contributed by atoms with E-state index in [9.17, 15) is 0 Å². The molecule has 1 heterocycles. The minimum atomic E-state index is 0.460. The van der Waals surface area contributed by atoms with E-state index in [-0.39, 0.29) is 0 Å².